The van der Waals surface area contributed by atoms with Gasteiger partial charge in [-0.3, -0.25) is 9.47 Å². The maximum atomic E-state index is 7.36. The van der Waals surface area contributed by atoms with E-state index >= 15 is 0 Å². The monoisotopic (exact) mass is 486 g/mol. The lowest BCUT2D eigenvalue weighted by Gasteiger charge is -2.27. The summed E-state index contributed by atoms with van der Waals surface area (Å²) >= 11 is 0. The highest BCUT2D eigenvalue weighted by Gasteiger charge is 2.19. The third-order valence-corrected chi connectivity index (χ3v) is 6.67. The van der Waals surface area contributed by atoms with Crippen molar-refractivity contribution in [3.05, 3.63) is 96.0 Å². The van der Waals surface area contributed by atoms with Crippen molar-refractivity contribution in [2.75, 3.05) is 31.9 Å². The number of fused-ring (bicyclic) bond motifs is 1. The standard InChI is InChI=1S/C29H26N8/c1-31-22-5-2-4-21(18-22)25-11-12-26-29(34-25)37(28(35-26)24-6-3-13-33-27(24)30)23-9-7-20(8-10-23)19-36-16-14-32-15-17-36/h2-13,18,32H,14-17,19H2,(H2,30,33). The summed E-state index contributed by atoms with van der Waals surface area (Å²) in [4.78, 5) is 20.2. The first-order chi connectivity index (χ1) is 18.2. The molecule has 3 aromatic heterocycles. The second kappa shape index (κ2) is 9.82. The maximum Gasteiger partial charge on any atom is 0.187 e. The van der Waals surface area contributed by atoms with Crippen LogP contribution in [0.5, 0.6) is 0 Å². The van der Waals surface area contributed by atoms with Crippen LogP contribution in [0.3, 0.4) is 0 Å². The zero-order valence-electron chi connectivity index (χ0n) is 20.3. The summed E-state index contributed by atoms with van der Waals surface area (Å²) in [6, 6.07) is 23.8. The molecule has 4 heterocycles. The molecule has 8 heteroatoms. The molecule has 5 aromatic rings. The summed E-state index contributed by atoms with van der Waals surface area (Å²) in [5, 5.41) is 3.41. The summed E-state index contributed by atoms with van der Waals surface area (Å²) < 4.78 is 2.04. The summed E-state index contributed by atoms with van der Waals surface area (Å²) in [6.45, 7) is 12.5. The third kappa shape index (κ3) is 4.54. The SMILES string of the molecule is [C-]#[N+]c1cccc(-c2ccc3nc(-c4cccnc4N)n(-c4ccc(CN5CCNCC5)cc4)c3n2)c1. The Hall–Kier alpha value is -4.58. The van der Waals surface area contributed by atoms with E-state index in [0.717, 1.165) is 66.4 Å². The summed E-state index contributed by atoms with van der Waals surface area (Å²) in [5.41, 5.74) is 13.0. The van der Waals surface area contributed by atoms with E-state index in [9.17, 15) is 0 Å². The number of anilines is 1. The first kappa shape index (κ1) is 22.9. The van der Waals surface area contributed by atoms with Crippen LogP contribution in [0.2, 0.25) is 0 Å². The van der Waals surface area contributed by atoms with Crippen LogP contribution >= 0.6 is 0 Å². The van der Waals surface area contributed by atoms with E-state index in [1.165, 1.54) is 5.56 Å². The van der Waals surface area contributed by atoms with Crippen LogP contribution in [0.15, 0.2) is 79.0 Å². The van der Waals surface area contributed by atoms with Crippen LogP contribution in [0.4, 0.5) is 11.5 Å². The minimum absolute atomic E-state index is 0.416. The molecule has 8 nitrogen and oxygen atoms in total. The molecule has 0 aliphatic carbocycles. The third-order valence-electron chi connectivity index (χ3n) is 6.67. The predicted octanol–water partition coefficient (Wildman–Crippen LogP) is 4.69. The topological polar surface area (TPSA) is 89.2 Å². The molecule has 37 heavy (non-hydrogen) atoms. The van der Waals surface area contributed by atoms with Gasteiger partial charge in [0.1, 0.15) is 11.3 Å². The molecule has 2 aromatic carbocycles. The van der Waals surface area contributed by atoms with Crippen molar-refractivity contribution < 1.29 is 0 Å². The summed E-state index contributed by atoms with van der Waals surface area (Å²) in [5.74, 6) is 1.11. The van der Waals surface area contributed by atoms with Crippen molar-refractivity contribution >= 4 is 22.7 Å². The Balaban J connectivity index is 1.47. The van der Waals surface area contributed by atoms with E-state index in [2.05, 4.69) is 44.3 Å². The molecular formula is C29H26N8. The number of hydrogen-bond acceptors (Lipinski definition) is 6. The number of aromatic nitrogens is 4. The minimum Gasteiger partial charge on any atom is -0.383 e. The molecule has 0 radical (unpaired) electrons. The average Bonchev–Trinajstić information content (AvgIpc) is 3.33. The van der Waals surface area contributed by atoms with Crippen LogP contribution in [-0.4, -0.2) is 50.6 Å². The molecule has 0 bridgehead atoms. The first-order valence-electron chi connectivity index (χ1n) is 12.3. The Morgan fingerprint density at radius 3 is 2.57 bits per heavy atom. The van der Waals surface area contributed by atoms with Crippen LogP contribution in [-0.2, 0) is 6.54 Å². The van der Waals surface area contributed by atoms with Crippen LogP contribution < -0.4 is 11.1 Å². The van der Waals surface area contributed by atoms with Gasteiger partial charge in [-0.2, -0.15) is 0 Å². The molecular weight excluding hydrogens is 460 g/mol. The number of benzene rings is 2. The molecule has 182 valence electrons. The van der Waals surface area contributed by atoms with Gasteiger partial charge >= 0.3 is 0 Å². The molecule has 1 saturated heterocycles. The van der Waals surface area contributed by atoms with Gasteiger partial charge in [0, 0.05) is 44.6 Å². The number of pyridine rings is 2. The van der Waals surface area contributed by atoms with E-state index in [-0.39, 0.29) is 0 Å². The molecule has 1 aliphatic rings. The first-order valence-corrected chi connectivity index (χ1v) is 12.3. The Morgan fingerprint density at radius 2 is 1.78 bits per heavy atom. The van der Waals surface area contributed by atoms with Crippen molar-refractivity contribution in [3.63, 3.8) is 0 Å². The molecule has 0 saturated carbocycles. The minimum atomic E-state index is 0.416. The molecule has 0 unspecified atom stereocenters. The molecule has 0 atom stereocenters. The Morgan fingerprint density at radius 1 is 0.946 bits per heavy atom. The van der Waals surface area contributed by atoms with Crippen molar-refractivity contribution in [1.82, 2.24) is 29.7 Å². The van der Waals surface area contributed by atoms with Crippen molar-refractivity contribution in [1.29, 1.82) is 0 Å². The van der Waals surface area contributed by atoms with Crippen LogP contribution in [0.1, 0.15) is 5.56 Å². The van der Waals surface area contributed by atoms with Gasteiger partial charge in [-0.25, -0.2) is 19.8 Å². The normalized spacial score (nSPS) is 14.0. The van der Waals surface area contributed by atoms with Gasteiger partial charge in [0.15, 0.2) is 17.2 Å². The number of nitrogens with two attached hydrogens (primary N) is 1. The molecule has 3 N–H and O–H groups in total. The lowest BCUT2D eigenvalue weighted by Crippen LogP contribution is -2.42. The second-order valence-corrected chi connectivity index (χ2v) is 9.10. The van der Waals surface area contributed by atoms with Crippen LogP contribution in [0.25, 0.3) is 44.3 Å². The Labute approximate surface area is 215 Å². The Kier molecular flexibility index (Phi) is 6.06. The maximum absolute atomic E-state index is 7.36. The number of rotatable bonds is 5. The highest BCUT2D eigenvalue weighted by molar-refractivity contribution is 5.84. The van der Waals surface area contributed by atoms with Gasteiger partial charge in [-0.1, -0.05) is 30.3 Å². The quantitative estimate of drug-likeness (QED) is 0.351. The highest BCUT2D eigenvalue weighted by atomic mass is 15.2. The number of imidazole rings is 1. The molecule has 0 amide bonds. The van der Waals surface area contributed by atoms with Gasteiger partial charge in [0.05, 0.1) is 17.8 Å². The smallest absolute Gasteiger partial charge is 0.187 e. The fourth-order valence-corrected chi connectivity index (χ4v) is 4.76. The largest absolute Gasteiger partial charge is 0.383 e. The number of nitrogens with one attached hydrogen (secondary N) is 1. The van der Waals surface area contributed by atoms with Gasteiger partial charge in [-0.15, -0.1) is 0 Å². The summed E-state index contributed by atoms with van der Waals surface area (Å²) in [7, 11) is 0. The molecule has 0 spiro atoms. The highest BCUT2D eigenvalue weighted by Crippen LogP contribution is 2.32. The van der Waals surface area contributed by atoms with Crippen molar-refractivity contribution in [3.8, 4) is 28.3 Å². The number of piperazine rings is 1. The molecule has 6 rings (SSSR count). The van der Waals surface area contributed by atoms with Crippen molar-refractivity contribution in [2.24, 2.45) is 0 Å². The Bertz CT molecular complexity index is 1610. The number of nitrogen functional groups attached to an aromatic ring is 1. The molecule has 1 fully saturated rings. The average molecular weight is 487 g/mol. The van der Waals surface area contributed by atoms with Crippen molar-refractivity contribution in [2.45, 2.75) is 6.54 Å². The fourth-order valence-electron chi connectivity index (χ4n) is 4.76. The van der Waals surface area contributed by atoms with Gasteiger partial charge in [0.2, 0.25) is 0 Å². The van der Waals surface area contributed by atoms with E-state index in [1.54, 1.807) is 12.3 Å². The van der Waals surface area contributed by atoms with Gasteiger partial charge < -0.3 is 11.1 Å². The number of nitrogens with zero attached hydrogens (tertiary/aromatic N) is 6. The van der Waals surface area contributed by atoms with Crippen LogP contribution in [0, 0.1) is 6.57 Å². The van der Waals surface area contributed by atoms with E-state index < -0.39 is 0 Å². The lowest BCUT2D eigenvalue weighted by atomic mass is 10.1. The number of hydrogen-bond donors (Lipinski definition) is 2. The zero-order chi connectivity index (χ0) is 25.2. The van der Waals surface area contributed by atoms with E-state index in [0.29, 0.717) is 17.3 Å². The van der Waals surface area contributed by atoms with Gasteiger partial charge in [-0.05, 0) is 53.6 Å². The fraction of sp³-hybridized carbons (Fsp3) is 0.172. The van der Waals surface area contributed by atoms with E-state index in [4.69, 9.17) is 22.3 Å². The lowest BCUT2D eigenvalue weighted by molar-refractivity contribution is 0.233. The van der Waals surface area contributed by atoms with E-state index in [1.807, 2.05) is 47.0 Å². The predicted molar refractivity (Wildman–Crippen MR) is 146 cm³/mol. The zero-order valence-corrected chi connectivity index (χ0v) is 20.3. The second-order valence-electron chi connectivity index (χ2n) is 9.10. The summed E-state index contributed by atoms with van der Waals surface area (Å²) in [6.07, 6.45) is 1.68. The van der Waals surface area contributed by atoms with Gasteiger partial charge in [0.25, 0.3) is 0 Å². The molecule has 1 aliphatic heterocycles.